The monoisotopic (exact) mass is 314 g/mol. The molecule has 1 aromatic heterocycles. The second kappa shape index (κ2) is 6.75. The first-order valence-electron chi connectivity index (χ1n) is 7.73. The summed E-state index contributed by atoms with van der Waals surface area (Å²) in [5.41, 5.74) is 0.443. The van der Waals surface area contributed by atoms with Crippen molar-refractivity contribution in [3.05, 3.63) is 30.1 Å². The van der Waals surface area contributed by atoms with Crippen LogP contribution in [-0.2, 0) is 9.53 Å². The molecular formula is C16H18N4O3. The minimum absolute atomic E-state index is 0.0727. The summed E-state index contributed by atoms with van der Waals surface area (Å²) in [7, 11) is 0. The standard InChI is InChI=1S/C16H18N4O3/c17-9-12-2-1-7-20(12)15(21)14-8-13(10-19-14)23-16(22)11-3-5-18-6-4-11/h3-6,12-14,19H,1-2,7-8,10H2/t12-,13-,14-/m0/s1. The Balaban J connectivity index is 1.55. The molecule has 2 aliphatic heterocycles. The molecule has 0 aliphatic carbocycles. The molecule has 0 unspecified atom stereocenters. The molecular weight excluding hydrogens is 296 g/mol. The quantitative estimate of drug-likeness (QED) is 0.816. The highest BCUT2D eigenvalue weighted by molar-refractivity contribution is 5.89. The molecule has 3 atom stereocenters. The number of nitrogens with one attached hydrogen (secondary N) is 1. The summed E-state index contributed by atoms with van der Waals surface area (Å²) >= 11 is 0. The molecule has 2 aliphatic rings. The number of ether oxygens (including phenoxy) is 1. The number of hydrogen-bond acceptors (Lipinski definition) is 6. The lowest BCUT2D eigenvalue weighted by Gasteiger charge is -2.23. The summed E-state index contributed by atoms with van der Waals surface area (Å²) in [6.07, 6.45) is 4.75. The maximum Gasteiger partial charge on any atom is 0.338 e. The Morgan fingerprint density at radius 1 is 1.39 bits per heavy atom. The van der Waals surface area contributed by atoms with E-state index in [2.05, 4.69) is 16.4 Å². The van der Waals surface area contributed by atoms with Crippen LogP contribution in [0.5, 0.6) is 0 Å². The number of nitrogens with zero attached hydrogens (tertiary/aromatic N) is 3. The third-order valence-electron chi connectivity index (χ3n) is 4.26. The molecule has 1 aromatic rings. The van der Waals surface area contributed by atoms with Crippen LogP contribution in [0.1, 0.15) is 29.6 Å². The van der Waals surface area contributed by atoms with Crippen molar-refractivity contribution in [1.82, 2.24) is 15.2 Å². The summed E-state index contributed by atoms with van der Waals surface area (Å²) in [4.78, 5) is 30.0. The Morgan fingerprint density at radius 3 is 2.91 bits per heavy atom. The molecule has 0 radical (unpaired) electrons. The predicted octanol–water partition coefficient (Wildman–Crippen LogP) is 0.483. The van der Waals surface area contributed by atoms with Crippen molar-refractivity contribution in [2.24, 2.45) is 0 Å². The topological polar surface area (TPSA) is 95.3 Å². The summed E-state index contributed by atoms with van der Waals surface area (Å²) < 4.78 is 5.43. The van der Waals surface area contributed by atoms with Gasteiger partial charge < -0.3 is 15.0 Å². The van der Waals surface area contributed by atoms with Crippen molar-refractivity contribution >= 4 is 11.9 Å². The third kappa shape index (κ3) is 3.32. The molecule has 0 aromatic carbocycles. The first kappa shape index (κ1) is 15.4. The summed E-state index contributed by atoms with van der Waals surface area (Å²) in [5.74, 6) is -0.486. The average molecular weight is 314 g/mol. The van der Waals surface area contributed by atoms with Crippen LogP contribution < -0.4 is 5.32 Å². The molecule has 23 heavy (non-hydrogen) atoms. The molecule has 0 bridgehead atoms. The van der Waals surface area contributed by atoms with Gasteiger partial charge in [0.1, 0.15) is 12.1 Å². The van der Waals surface area contributed by atoms with Gasteiger partial charge in [-0.15, -0.1) is 0 Å². The number of pyridine rings is 1. The Hall–Kier alpha value is -2.46. The summed E-state index contributed by atoms with van der Waals surface area (Å²) in [6.45, 7) is 1.06. The van der Waals surface area contributed by atoms with Gasteiger partial charge in [-0.3, -0.25) is 9.78 Å². The van der Waals surface area contributed by atoms with Crippen LogP contribution in [0.15, 0.2) is 24.5 Å². The number of carbonyl (C=O) groups is 2. The highest BCUT2D eigenvalue weighted by atomic mass is 16.5. The van der Waals surface area contributed by atoms with E-state index in [0.29, 0.717) is 25.1 Å². The molecule has 3 heterocycles. The van der Waals surface area contributed by atoms with E-state index < -0.39 is 5.97 Å². The van der Waals surface area contributed by atoms with Gasteiger partial charge in [0, 0.05) is 31.9 Å². The Labute approximate surface area is 134 Å². The fraction of sp³-hybridized carbons (Fsp3) is 0.500. The Kier molecular flexibility index (Phi) is 4.53. The lowest BCUT2D eigenvalue weighted by molar-refractivity contribution is -0.133. The van der Waals surface area contributed by atoms with Gasteiger partial charge in [0.15, 0.2) is 0 Å². The number of rotatable bonds is 3. The number of nitriles is 1. The number of aromatic nitrogens is 1. The van der Waals surface area contributed by atoms with Gasteiger partial charge in [0.2, 0.25) is 5.91 Å². The second-order valence-electron chi connectivity index (χ2n) is 5.78. The molecule has 120 valence electrons. The molecule has 7 nitrogen and oxygen atoms in total. The fourth-order valence-corrected chi connectivity index (χ4v) is 3.05. The van der Waals surface area contributed by atoms with Gasteiger partial charge in [-0.1, -0.05) is 0 Å². The molecule has 1 N–H and O–H groups in total. The van der Waals surface area contributed by atoms with E-state index in [4.69, 9.17) is 10.00 Å². The maximum atomic E-state index is 12.5. The SMILES string of the molecule is N#C[C@@H]1CCCN1C(=O)[C@@H]1C[C@H](OC(=O)c2ccncc2)CN1. The normalized spacial score (nSPS) is 26.7. The van der Waals surface area contributed by atoms with E-state index in [1.807, 2.05) is 0 Å². The van der Waals surface area contributed by atoms with Gasteiger partial charge in [-0.25, -0.2) is 4.79 Å². The summed E-state index contributed by atoms with van der Waals surface area (Å²) in [6, 6.07) is 4.63. The van der Waals surface area contributed by atoms with Crippen LogP contribution in [0.4, 0.5) is 0 Å². The highest BCUT2D eigenvalue weighted by Crippen LogP contribution is 2.21. The van der Waals surface area contributed by atoms with Crippen LogP contribution in [0.25, 0.3) is 0 Å². The zero-order valence-corrected chi connectivity index (χ0v) is 12.6. The van der Waals surface area contributed by atoms with Crippen LogP contribution in [0, 0.1) is 11.3 Å². The molecule has 1 amide bonds. The van der Waals surface area contributed by atoms with Crippen LogP contribution in [0.3, 0.4) is 0 Å². The zero-order chi connectivity index (χ0) is 16.2. The van der Waals surface area contributed by atoms with Crippen molar-refractivity contribution in [3.8, 4) is 6.07 Å². The van der Waals surface area contributed by atoms with Crippen molar-refractivity contribution < 1.29 is 14.3 Å². The van der Waals surface area contributed by atoms with E-state index in [0.717, 1.165) is 12.8 Å². The molecule has 3 rings (SSSR count). The smallest absolute Gasteiger partial charge is 0.338 e. The van der Waals surface area contributed by atoms with Gasteiger partial charge in [0.25, 0.3) is 0 Å². The average Bonchev–Trinajstić information content (AvgIpc) is 3.24. The lowest BCUT2D eigenvalue weighted by Crippen LogP contribution is -2.45. The number of amides is 1. The number of carbonyl (C=O) groups excluding carboxylic acids is 2. The van der Waals surface area contributed by atoms with Crippen LogP contribution in [0.2, 0.25) is 0 Å². The first-order valence-corrected chi connectivity index (χ1v) is 7.73. The molecule has 2 fully saturated rings. The number of likely N-dealkylation sites (tertiary alicyclic amines) is 1. The van der Waals surface area contributed by atoms with Gasteiger partial charge in [0.05, 0.1) is 17.7 Å². The van der Waals surface area contributed by atoms with E-state index in [1.165, 1.54) is 12.4 Å². The molecule has 0 spiro atoms. The summed E-state index contributed by atoms with van der Waals surface area (Å²) in [5, 5.41) is 12.2. The molecule has 7 heteroatoms. The van der Waals surface area contributed by atoms with Crippen molar-refractivity contribution in [1.29, 1.82) is 5.26 Å². The minimum Gasteiger partial charge on any atom is -0.457 e. The largest absolute Gasteiger partial charge is 0.457 e. The van der Waals surface area contributed by atoms with E-state index >= 15 is 0 Å². The number of hydrogen-bond donors (Lipinski definition) is 1. The van der Waals surface area contributed by atoms with Crippen molar-refractivity contribution in [2.45, 2.75) is 37.5 Å². The van der Waals surface area contributed by atoms with E-state index in [9.17, 15) is 9.59 Å². The number of esters is 1. The van der Waals surface area contributed by atoms with Crippen molar-refractivity contribution in [2.75, 3.05) is 13.1 Å². The van der Waals surface area contributed by atoms with Crippen LogP contribution >= 0.6 is 0 Å². The van der Waals surface area contributed by atoms with Gasteiger partial charge in [-0.2, -0.15) is 5.26 Å². The highest BCUT2D eigenvalue weighted by Gasteiger charge is 2.38. The van der Waals surface area contributed by atoms with E-state index in [-0.39, 0.29) is 24.1 Å². The lowest BCUT2D eigenvalue weighted by atomic mass is 10.1. The minimum atomic E-state index is -0.414. The molecule has 2 saturated heterocycles. The Bertz CT molecular complexity index is 628. The maximum absolute atomic E-state index is 12.5. The zero-order valence-electron chi connectivity index (χ0n) is 12.6. The first-order chi connectivity index (χ1) is 11.2. The third-order valence-corrected chi connectivity index (χ3v) is 4.26. The van der Waals surface area contributed by atoms with Crippen molar-refractivity contribution in [3.63, 3.8) is 0 Å². The second-order valence-corrected chi connectivity index (χ2v) is 5.78. The van der Waals surface area contributed by atoms with Gasteiger partial charge >= 0.3 is 5.97 Å². The van der Waals surface area contributed by atoms with Gasteiger partial charge in [-0.05, 0) is 25.0 Å². The molecule has 0 saturated carbocycles. The van der Waals surface area contributed by atoms with E-state index in [1.54, 1.807) is 17.0 Å². The predicted molar refractivity (Wildman–Crippen MR) is 80.2 cm³/mol. The van der Waals surface area contributed by atoms with Crippen LogP contribution in [-0.4, -0.2) is 53.0 Å². The Morgan fingerprint density at radius 2 is 2.17 bits per heavy atom. The fourth-order valence-electron chi connectivity index (χ4n) is 3.05.